The molecular weight excluding hydrogens is 360 g/mol. The summed E-state index contributed by atoms with van der Waals surface area (Å²) in [6, 6.07) is 18.2. The standard InChI is InChI=1S/C22H19ClN2O2/c23-19-11-20-18(15(12-25-20)8-9-22(24)26)10-21(19)27-13-16-6-3-5-14-4-1-2-7-17(14)16/h1-7,10-12,25H,8-9,13H2,(H2,24,26). The Morgan fingerprint density at radius 2 is 1.85 bits per heavy atom. The summed E-state index contributed by atoms with van der Waals surface area (Å²) in [4.78, 5) is 14.3. The zero-order valence-corrected chi connectivity index (χ0v) is 15.4. The summed E-state index contributed by atoms with van der Waals surface area (Å²) in [5.41, 5.74) is 8.31. The third kappa shape index (κ3) is 3.62. The molecule has 5 heteroatoms. The molecule has 0 aliphatic rings. The fourth-order valence-corrected chi connectivity index (χ4v) is 3.55. The number of amides is 1. The van der Waals surface area contributed by atoms with Crippen LogP contribution in [-0.4, -0.2) is 10.9 Å². The number of benzene rings is 3. The molecule has 0 radical (unpaired) electrons. The lowest BCUT2D eigenvalue weighted by Gasteiger charge is -2.11. The normalized spacial score (nSPS) is 11.1. The first-order valence-electron chi connectivity index (χ1n) is 8.79. The average Bonchev–Trinajstić information content (AvgIpc) is 3.06. The van der Waals surface area contributed by atoms with Gasteiger partial charge in [0.25, 0.3) is 0 Å². The Kier molecular flexibility index (Phi) is 4.73. The fraction of sp³-hybridized carbons (Fsp3) is 0.136. The number of aryl methyl sites for hydroxylation is 1. The fourth-order valence-electron chi connectivity index (χ4n) is 3.33. The average molecular weight is 379 g/mol. The Hall–Kier alpha value is -2.98. The highest BCUT2D eigenvalue weighted by atomic mass is 35.5. The maximum Gasteiger partial charge on any atom is 0.217 e. The van der Waals surface area contributed by atoms with Crippen molar-refractivity contribution in [3.05, 3.63) is 76.9 Å². The third-order valence-electron chi connectivity index (χ3n) is 4.72. The van der Waals surface area contributed by atoms with E-state index in [9.17, 15) is 4.79 Å². The van der Waals surface area contributed by atoms with Crippen LogP contribution in [-0.2, 0) is 17.8 Å². The molecule has 0 spiro atoms. The number of hydrogen-bond acceptors (Lipinski definition) is 2. The Labute approximate surface area is 161 Å². The molecule has 3 aromatic carbocycles. The highest BCUT2D eigenvalue weighted by Crippen LogP contribution is 2.33. The predicted molar refractivity (Wildman–Crippen MR) is 109 cm³/mol. The quantitative estimate of drug-likeness (QED) is 0.497. The van der Waals surface area contributed by atoms with Crippen molar-refractivity contribution in [1.29, 1.82) is 0 Å². The van der Waals surface area contributed by atoms with Crippen molar-refractivity contribution >= 4 is 39.2 Å². The summed E-state index contributed by atoms with van der Waals surface area (Å²) >= 11 is 6.41. The van der Waals surface area contributed by atoms with Gasteiger partial charge < -0.3 is 15.5 Å². The number of aromatic nitrogens is 1. The van der Waals surface area contributed by atoms with Gasteiger partial charge in [-0.3, -0.25) is 4.79 Å². The van der Waals surface area contributed by atoms with Crippen molar-refractivity contribution < 1.29 is 9.53 Å². The molecule has 0 unspecified atom stereocenters. The first kappa shape index (κ1) is 17.4. The second kappa shape index (κ2) is 7.33. The number of fused-ring (bicyclic) bond motifs is 2. The molecule has 1 amide bonds. The van der Waals surface area contributed by atoms with Gasteiger partial charge in [-0.25, -0.2) is 0 Å². The Morgan fingerprint density at radius 1 is 1.04 bits per heavy atom. The summed E-state index contributed by atoms with van der Waals surface area (Å²) in [5.74, 6) is 0.308. The molecule has 0 atom stereocenters. The molecule has 0 saturated heterocycles. The number of halogens is 1. The SMILES string of the molecule is NC(=O)CCc1c[nH]c2cc(Cl)c(OCc3cccc4ccccc34)cc12. The molecule has 3 N–H and O–H groups in total. The lowest BCUT2D eigenvalue weighted by molar-refractivity contribution is -0.117. The van der Waals surface area contributed by atoms with Gasteiger partial charge in [-0.2, -0.15) is 0 Å². The van der Waals surface area contributed by atoms with Crippen molar-refractivity contribution in [1.82, 2.24) is 4.98 Å². The predicted octanol–water partition coefficient (Wildman–Crippen LogP) is 4.97. The van der Waals surface area contributed by atoms with Gasteiger partial charge in [0.1, 0.15) is 12.4 Å². The third-order valence-corrected chi connectivity index (χ3v) is 5.02. The van der Waals surface area contributed by atoms with Crippen LogP contribution >= 0.6 is 11.6 Å². The molecule has 4 rings (SSSR count). The van der Waals surface area contributed by atoms with Crippen molar-refractivity contribution in [3.8, 4) is 5.75 Å². The number of aromatic amines is 1. The minimum atomic E-state index is -0.314. The number of ether oxygens (including phenoxy) is 1. The molecule has 4 nitrogen and oxygen atoms in total. The maximum atomic E-state index is 11.1. The Morgan fingerprint density at radius 3 is 2.70 bits per heavy atom. The van der Waals surface area contributed by atoms with E-state index in [0.717, 1.165) is 22.0 Å². The highest BCUT2D eigenvalue weighted by molar-refractivity contribution is 6.32. The minimum absolute atomic E-state index is 0.307. The van der Waals surface area contributed by atoms with Gasteiger partial charge in [-0.15, -0.1) is 0 Å². The van der Waals surface area contributed by atoms with E-state index >= 15 is 0 Å². The molecule has 0 aliphatic heterocycles. The van der Waals surface area contributed by atoms with Crippen LogP contribution in [0.2, 0.25) is 5.02 Å². The summed E-state index contributed by atoms with van der Waals surface area (Å²) in [7, 11) is 0. The second-order valence-corrected chi connectivity index (χ2v) is 6.94. The number of rotatable bonds is 6. The molecule has 1 aromatic heterocycles. The monoisotopic (exact) mass is 378 g/mol. The molecule has 0 aliphatic carbocycles. The number of nitrogens with one attached hydrogen (secondary N) is 1. The number of primary amides is 1. The van der Waals surface area contributed by atoms with Crippen LogP contribution < -0.4 is 10.5 Å². The van der Waals surface area contributed by atoms with Crippen LogP contribution in [0.25, 0.3) is 21.7 Å². The van der Waals surface area contributed by atoms with Gasteiger partial charge in [-0.1, -0.05) is 54.1 Å². The van der Waals surface area contributed by atoms with Crippen LogP contribution in [0.5, 0.6) is 5.75 Å². The lowest BCUT2D eigenvalue weighted by Crippen LogP contribution is -2.10. The first-order chi connectivity index (χ1) is 13.1. The van der Waals surface area contributed by atoms with Gasteiger partial charge in [0.15, 0.2) is 0 Å². The van der Waals surface area contributed by atoms with E-state index in [-0.39, 0.29) is 5.91 Å². The maximum absolute atomic E-state index is 11.1. The largest absolute Gasteiger partial charge is 0.487 e. The molecular formula is C22H19ClN2O2. The van der Waals surface area contributed by atoms with E-state index in [1.165, 1.54) is 10.8 Å². The van der Waals surface area contributed by atoms with E-state index in [1.54, 1.807) is 0 Å². The van der Waals surface area contributed by atoms with Crippen molar-refractivity contribution in [2.75, 3.05) is 0 Å². The van der Waals surface area contributed by atoms with Crippen molar-refractivity contribution in [2.45, 2.75) is 19.4 Å². The van der Waals surface area contributed by atoms with E-state index in [1.807, 2.05) is 36.5 Å². The highest BCUT2D eigenvalue weighted by Gasteiger charge is 2.11. The van der Waals surface area contributed by atoms with E-state index < -0.39 is 0 Å². The summed E-state index contributed by atoms with van der Waals surface area (Å²) in [6.07, 6.45) is 2.78. The summed E-state index contributed by atoms with van der Waals surface area (Å²) in [6.45, 7) is 0.424. The van der Waals surface area contributed by atoms with Gasteiger partial charge in [-0.05, 0) is 40.5 Å². The van der Waals surface area contributed by atoms with Crippen LogP contribution in [0.1, 0.15) is 17.5 Å². The number of hydrogen-bond donors (Lipinski definition) is 2. The minimum Gasteiger partial charge on any atom is -0.487 e. The topological polar surface area (TPSA) is 68.1 Å². The Balaban J connectivity index is 1.62. The van der Waals surface area contributed by atoms with Crippen molar-refractivity contribution in [2.24, 2.45) is 5.73 Å². The zero-order chi connectivity index (χ0) is 18.8. The first-order valence-corrected chi connectivity index (χ1v) is 9.17. The zero-order valence-electron chi connectivity index (χ0n) is 14.7. The van der Waals surface area contributed by atoms with Crippen LogP contribution in [0.15, 0.2) is 60.8 Å². The molecule has 27 heavy (non-hydrogen) atoms. The Bertz CT molecular complexity index is 1130. The number of carbonyl (C=O) groups excluding carboxylic acids is 1. The number of H-pyrrole nitrogens is 1. The molecule has 136 valence electrons. The van der Waals surface area contributed by atoms with Gasteiger partial charge in [0, 0.05) is 23.5 Å². The number of nitrogens with two attached hydrogens (primary N) is 1. The second-order valence-electron chi connectivity index (χ2n) is 6.54. The molecule has 4 aromatic rings. The molecule has 0 fully saturated rings. The van der Waals surface area contributed by atoms with Crippen LogP contribution in [0.3, 0.4) is 0 Å². The van der Waals surface area contributed by atoms with Crippen molar-refractivity contribution in [3.63, 3.8) is 0 Å². The lowest BCUT2D eigenvalue weighted by atomic mass is 10.1. The van der Waals surface area contributed by atoms with E-state index in [0.29, 0.717) is 30.2 Å². The van der Waals surface area contributed by atoms with Gasteiger partial charge in [0.2, 0.25) is 5.91 Å². The van der Waals surface area contributed by atoms with E-state index in [4.69, 9.17) is 22.1 Å². The smallest absolute Gasteiger partial charge is 0.217 e. The molecule has 1 heterocycles. The van der Waals surface area contributed by atoms with Gasteiger partial charge >= 0.3 is 0 Å². The van der Waals surface area contributed by atoms with E-state index in [2.05, 4.69) is 29.2 Å². The number of carbonyl (C=O) groups is 1. The molecule has 0 bridgehead atoms. The molecule has 0 saturated carbocycles. The summed E-state index contributed by atoms with van der Waals surface area (Å²) < 4.78 is 6.05. The van der Waals surface area contributed by atoms with Crippen LogP contribution in [0.4, 0.5) is 0 Å². The van der Waals surface area contributed by atoms with Crippen LogP contribution in [0, 0.1) is 0 Å². The van der Waals surface area contributed by atoms with Gasteiger partial charge in [0.05, 0.1) is 5.02 Å². The summed E-state index contributed by atoms with van der Waals surface area (Å²) in [5, 5.41) is 3.89.